The molecule has 0 unspecified atom stereocenters. The van der Waals surface area contributed by atoms with Gasteiger partial charge >= 0.3 is 0 Å². The first-order chi connectivity index (χ1) is 12.7. The van der Waals surface area contributed by atoms with E-state index in [1.807, 2.05) is 18.2 Å². The maximum atomic E-state index is 12.4. The van der Waals surface area contributed by atoms with Crippen LogP contribution in [0.25, 0.3) is 11.4 Å². The molecule has 2 aromatic carbocycles. The Balaban J connectivity index is 1.58. The van der Waals surface area contributed by atoms with Gasteiger partial charge in [0.05, 0.1) is 11.4 Å². The van der Waals surface area contributed by atoms with E-state index in [4.69, 9.17) is 5.73 Å². The molecule has 4 aromatic rings. The van der Waals surface area contributed by atoms with Crippen molar-refractivity contribution < 1.29 is 4.79 Å². The summed E-state index contributed by atoms with van der Waals surface area (Å²) in [7, 11) is 0. The van der Waals surface area contributed by atoms with Crippen LogP contribution in [-0.4, -0.2) is 41.1 Å². The molecule has 0 fully saturated rings. The molecule has 10 heteroatoms. The summed E-state index contributed by atoms with van der Waals surface area (Å²) in [5.74, 6) is -0.279. The molecule has 0 saturated carbocycles. The van der Waals surface area contributed by atoms with Crippen molar-refractivity contribution in [3.05, 3.63) is 66.6 Å². The Morgan fingerprint density at radius 1 is 0.962 bits per heavy atom. The molecule has 10 nitrogen and oxygen atoms in total. The van der Waals surface area contributed by atoms with E-state index in [9.17, 15) is 4.79 Å². The van der Waals surface area contributed by atoms with Crippen LogP contribution in [-0.2, 0) is 0 Å². The number of benzene rings is 2. The van der Waals surface area contributed by atoms with E-state index in [2.05, 4.69) is 31.2 Å². The zero-order chi connectivity index (χ0) is 17.9. The molecule has 2 heterocycles. The Bertz CT molecular complexity index is 1020. The summed E-state index contributed by atoms with van der Waals surface area (Å²) in [6.45, 7) is 0. The number of hydrogen-bond donors (Lipinski definition) is 2. The van der Waals surface area contributed by atoms with Crippen LogP contribution in [0.15, 0.2) is 60.9 Å². The Morgan fingerprint density at radius 2 is 1.69 bits per heavy atom. The molecule has 0 aliphatic heterocycles. The monoisotopic (exact) mass is 347 g/mol. The molecule has 0 aliphatic carbocycles. The summed E-state index contributed by atoms with van der Waals surface area (Å²) in [5.41, 5.74) is 8.20. The van der Waals surface area contributed by atoms with E-state index in [1.165, 1.54) is 15.7 Å². The fraction of sp³-hybridized carbons (Fsp3) is 0. The number of anilines is 2. The van der Waals surface area contributed by atoms with Gasteiger partial charge in [-0.3, -0.25) is 4.79 Å². The number of nitrogens with one attached hydrogen (secondary N) is 1. The van der Waals surface area contributed by atoms with E-state index in [0.717, 1.165) is 5.69 Å². The number of amides is 1. The number of nitrogen functional groups attached to an aromatic ring is 1. The number of carbonyl (C=O) groups excluding carboxylic acids is 1. The summed E-state index contributed by atoms with van der Waals surface area (Å²) in [6, 6.07) is 16.2. The first-order valence-electron chi connectivity index (χ1n) is 7.64. The van der Waals surface area contributed by atoms with Crippen LogP contribution in [0.4, 0.5) is 11.5 Å². The van der Waals surface area contributed by atoms with Gasteiger partial charge in [-0.1, -0.05) is 23.4 Å². The highest BCUT2D eigenvalue weighted by Crippen LogP contribution is 2.18. The third kappa shape index (κ3) is 2.86. The number of rotatable bonds is 4. The van der Waals surface area contributed by atoms with Crippen molar-refractivity contribution in [3.8, 4) is 11.4 Å². The average molecular weight is 347 g/mol. The van der Waals surface area contributed by atoms with Crippen molar-refractivity contribution in [2.75, 3.05) is 11.1 Å². The molecule has 2 aromatic heterocycles. The van der Waals surface area contributed by atoms with Gasteiger partial charge in [-0.15, -0.1) is 10.2 Å². The second-order valence-corrected chi connectivity index (χ2v) is 5.33. The van der Waals surface area contributed by atoms with E-state index < -0.39 is 5.91 Å². The number of para-hydroxylation sites is 1. The van der Waals surface area contributed by atoms with Crippen molar-refractivity contribution in [1.29, 1.82) is 0 Å². The van der Waals surface area contributed by atoms with Gasteiger partial charge < -0.3 is 11.1 Å². The number of tetrazole rings is 1. The topological polar surface area (TPSA) is 129 Å². The predicted octanol–water partition coefficient (Wildman–Crippen LogP) is 1.08. The lowest BCUT2D eigenvalue weighted by molar-refractivity contribution is 0.102. The van der Waals surface area contributed by atoms with Crippen molar-refractivity contribution in [3.63, 3.8) is 0 Å². The third-order valence-corrected chi connectivity index (χ3v) is 3.66. The normalized spacial score (nSPS) is 10.6. The maximum Gasteiger partial charge on any atom is 0.280 e. The minimum Gasteiger partial charge on any atom is -0.382 e. The number of carbonyl (C=O) groups is 1. The molecular weight excluding hydrogens is 334 g/mol. The summed E-state index contributed by atoms with van der Waals surface area (Å²) in [6.07, 6.45) is 1.49. The maximum absolute atomic E-state index is 12.4. The third-order valence-electron chi connectivity index (χ3n) is 3.66. The van der Waals surface area contributed by atoms with Crippen LogP contribution < -0.4 is 11.1 Å². The highest BCUT2D eigenvalue weighted by atomic mass is 16.2. The lowest BCUT2D eigenvalue weighted by Gasteiger charge is -2.06. The van der Waals surface area contributed by atoms with Gasteiger partial charge in [0.15, 0.2) is 11.5 Å². The van der Waals surface area contributed by atoms with Gasteiger partial charge in [-0.05, 0) is 46.8 Å². The summed E-state index contributed by atoms with van der Waals surface area (Å²) in [5, 5.41) is 21.6. The Labute approximate surface area is 147 Å². The van der Waals surface area contributed by atoms with Gasteiger partial charge in [0.2, 0.25) is 0 Å². The molecule has 1 amide bonds. The fourth-order valence-corrected chi connectivity index (χ4v) is 2.38. The number of hydrogen-bond acceptors (Lipinski definition) is 7. The Hall–Kier alpha value is -4.08. The van der Waals surface area contributed by atoms with Gasteiger partial charge in [0.25, 0.3) is 5.91 Å². The van der Waals surface area contributed by atoms with Crippen molar-refractivity contribution >= 4 is 17.4 Å². The lowest BCUT2D eigenvalue weighted by Crippen LogP contribution is -2.15. The molecule has 0 aliphatic rings. The molecule has 0 radical (unpaired) electrons. The minimum absolute atomic E-state index is 0.0541. The molecule has 0 bridgehead atoms. The summed E-state index contributed by atoms with van der Waals surface area (Å²) < 4.78 is 2.91. The van der Waals surface area contributed by atoms with E-state index in [1.54, 1.807) is 36.4 Å². The highest BCUT2D eigenvalue weighted by molar-refractivity contribution is 6.05. The number of nitrogens with two attached hydrogens (primary N) is 1. The largest absolute Gasteiger partial charge is 0.382 e. The van der Waals surface area contributed by atoms with Gasteiger partial charge in [0.1, 0.15) is 6.33 Å². The molecule has 0 spiro atoms. The zero-order valence-electron chi connectivity index (χ0n) is 13.4. The van der Waals surface area contributed by atoms with Gasteiger partial charge in [0, 0.05) is 5.69 Å². The molecule has 128 valence electrons. The van der Waals surface area contributed by atoms with Crippen molar-refractivity contribution in [1.82, 2.24) is 35.2 Å². The Morgan fingerprint density at radius 3 is 2.38 bits per heavy atom. The number of nitrogens with zero attached hydrogens (tertiary/aromatic N) is 7. The van der Waals surface area contributed by atoms with Crippen LogP contribution >= 0.6 is 0 Å². The van der Waals surface area contributed by atoms with E-state index in [0.29, 0.717) is 11.4 Å². The minimum atomic E-state index is -0.426. The van der Waals surface area contributed by atoms with Crippen LogP contribution in [0.2, 0.25) is 0 Å². The quantitative estimate of drug-likeness (QED) is 0.565. The average Bonchev–Trinajstić information content (AvgIpc) is 3.33. The molecule has 4 rings (SSSR count). The molecule has 3 N–H and O–H groups in total. The number of aromatic nitrogens is 7. The van der Waals surface area contributed by atoms with E-state index >= 15 is 0 Å². The molecule has 0 saturated heterocycles. The van der Waals surface area contributed by atoms with Crippen LogP contribution in [0.5, 0.6) is 0 Å². The first-order valence-corrected chi connectivity index (χ1v) is 7.64. The summed E-state index contributed by atoms with van der Waals surface area (Å²) in [4.78, 5) is 12.4. The predicted molar refractivity (Wildman–Crippen MR) is 92.9 cm³/mol. The second-order valence-electron chi connectivity index (χ2n) is 5.33. The fourth-order valence-electron chi connectivity index (χ4n) is 2.38. The lowest BCUT2D eigenvalue weighted by atomic mass is 10.2. The van der Waals surface area contributed by atoms with Crippen LogP contribution in [0, 0.1) is 0 Å². The smallest absolute Gasteiger partial charge is 0.280 e. The van der Waals surface area contributed by atoms with Gasteiger partial charge in [-0.2, -0.15) is 4.68 Å². The highest BCUT2D eigenvalue weighted by Gasteiger charge is 2.18. The van der Waals surface area contributed by atoms with Crippen LogP contribution in [0.3, 0.4) is 0 Å². The SMILES string of the molecule is Nc1c(C(=O)Nc2ccccc2)nnn1-c1ccc(-n2cnnn2)cc1. The first kappa shape index (κ1) is 15.4. The molecule has 26 heavy (non-hydrogen) atoms. The zero-order valence-corrected chi connectivity index (χ0v) is 13.4. The van der Waals surface area contributed by atoms with Gasteiger partial charge in [-0.25, -0.2) is 4.68 Å². The van der Waals surface area contributed by atoms with Crippen molar-refractivity contribution in [2.24, 2.45) is 0 Å². The second kappa shape index (κ2) is 6.43. The van der Waals surface area contributed by atoms with Crippen LogP contribution in [0.1, 0.15) is 10.5 Å². The summed E-state index contributed by atoms with van der Waals surface area (Å²) >= 11 is 0. The standard InChI is InChI=1S/C16H13N9O/c17-15-14(16(26)19-11-4-2-1-3-5-11)20-22-25(15)13-8-6-12(7-9-13)24-10-18-21-23-24/h1-10H,17H2,(H,19,26). The molecule has 0 atom stereocenters. The molecular formula is C16H13N9O. The van der Waals surface area contributed by atoms with E-state index in [-0.39, 0.29) is 11.5 Å². The van der Waals surface area contributed by atoms with Crippen molar-refractivity contribution in [2.45, 2.75) is 0 Å². The Kier molecular flexibility index (Phi) is 3.82.